The van der Waals surface area contributed by atoms with Crippen molar-refractivity contribution in [2.24, 2.45) is 7.05 Å². The van der Waals surface area contributed by atoms with E-state index in [4.69, 9.17) is 0 Å². The molecule has 1 aromatic carbocycles. The van der Waals surface area contributed by atoms with Crippen molar-refractivity contribution in [3.63, 3.8) is 0 Å². The van der Waals surface area contributed by atoms with Crippen molar-refractivity contribution < 1.29 is 4.79 Å². The van der Waals surface area contributed by atoms with E-state index in [0.717, 1.165) is 11.4 Å². The molecule has 3 rings (SSSR count). The number of nitrogens with zero attached hydrogens (tertiary/aromatic N) is 4. The zero-order chi connectivity index (χ0) is 18.4. The Morgan fingerprint density at radius 2 is 1.88 bits per heavy atom. The lowest BCUT2D eigenvalue weighted by molar-refractivity contribution is -0.118. The molecule has 0 aliphatic rings. The standard InChI is InChI=1S/C19H21N5OS/c1-14(15-6-4-3-5-7-15)12-21-17(25)13-26-19-23-22-18(24(19)2)16-8-10-20-11-9-16/h3-11,14H,12-13H2,1-2H3,(H,21,25)/t14-/m0/s1. The van der Waals surface area contributed by atoms with Crippen molar-refractivity contribution in [3.05, 3.63) is 60.4 Å². The lowest BCUT2D eigenvalue weighted by atomic mass is 10.0. The highest BCUT2D eigenvalue weighted by Gasteiger charge is 2.13. The molecule has 134 valence electrons. The second kappa shape index (κ2) is 8.62. The van der Waals surface area contributed by atoms with Crippen LogP contribution >= 0.6 is 11.8 Å². The van der Waals surface area contributed by atoms with Crippen LogP contribution in [0.4, 0.5) is 0 Å². The molecule has 0 aliphatic carbocycles. The minimum atomic E-state index is -0.00811. The number of rotatable bonds is 7. The first-order valence-electron chi connectivity index (χ1n) is 8.39. The smallest absolute Gasteiger partial charge is 0.230 e. The third kappa shape index (κ3) is 4.49. The van der Waals surface area contributed by atoms with Crippen molar-refractivity contribution in [1.29, 1.82) is 0 Å². The number of thioether (sulfide) groups is 1. The minimum Gasteiger partial charge on any atom is -0.355 e. The second-order valence-corrected chi connectivity index (χ2v) is 6.95. The van der Waals surface area contributed by atoms with Gasteiger partial charge in [-0.3, -0.25) is 9.78 Å². The summed E-state index contributed by atoms with van der Waals surface area (Å²) in [7, 11) is 1.90. The number of hydrogen-bond donors (Lipinski definition) is 1. The Morgan fingerprint density at radius 3 is 2.62 bits per heavy atom. The maximum atomic E-state index is 12.1. The van der Waals surface area contributed by atoms with E-state index in [2.05, 4.69) is 39.6 Å². The minimum absolute atomic E-state index is 0.00811. The summed E-state index contributed by atoms with van der Waals surface area (Å²) in [6, 6.07) is 13.9. The van der Waals surface area contributed by atoms with Crippen LogP contribution in [0.2, 0.25) is 0 Å². The molecular weight excluding hydrogens is 346 g/mol. The quantitative estimate of drug-likeness (QED) is 0.650. The maximum absolute atomic E-state index is 12.1. The Morgan fingerprint density at radius 1 is 1.15 bits per heavy atom. The van der Waals surface area contributed by atoms with Gasteiger partial charge >= 0.3 is 0 Å². The monoisotopic (exact) mass is 367 g/mol. The number of pyridine rings is 1. The molecule has 3 aromatic rings. The molecule has 26 heavy (non-hydrogen) atoms. The molecule has 0 aliphatic heterocycles. The van der Waals surface area contributed by atoms with Gasteiger partial charge in [-0.15, -0.1) is 10.2 Å². The molecule has 0 fully saturated rings. The third-order valence-corrected chi connectivity index (χ3v) is 5.10. The van der Waals surface area contributed by atoms with E-state index in [9.17, 15) is 4.79 Å². The molecule has 0 saturated heterocycles. The molecule has 0 spiro atoms. The number of carbonyl (C=O) groups excluding carboxylic acids is 1. The van der Waals surface area contributed by atoms with E-state index >= 15 is 0 Å². The zero-order valence-electron chi connectivity index (χ0n) is 14.8. The molecule has 0 unspecified atom stereocenters. The number of amides is 1. The van der Waals surface area contributed by atoms with E-state index in [1.54, 1.807) is 12.4 Å². The Bertz CT molecular complexity index is 851. The molecule has 0 saturated carbocycles. The van der Waals surface area contributed by atoms with Crippen molar-refractivity contribution in [2.75, 3.05) is 12.3 Å². The fourth-order valence-corrected chi connectivity index (χ4v) is 3.28. The summed E-state index contributed by atoms with van der Waals surface area (Å²) >= 11 is 1.38. The topological polar surface area (TPSA) is 72.7 Å². The highest BCUT2D eigenvalue weighted by atomic mass is 32.2. The molecular formula is C19H21N5OS. The SMILES string of the molecule is C[C@@H](CNC(=O)CSc1nnc(-c2ccncc2)n1C)c1ccccc1. The molecule has 2 aromatic heterocycles. The number of aromatic nitrogens is 4. The first-order valence-corrected chi connectivity index (χ1v) is 9.38. The Hall–Kier alpha value is -2.67. The Labute approximate surface area is 157 Å². The van der Waals surface area contributed by atoms with Gasteiger partial charge in [0.15, 0.2) is 11.0 Å². The van der Waals surface area contributed by atoms with Gasteiger partial charge in [-0.1, -0.05) is 49.0 Å². The van der Waals surface area contributed by atoms with Crippen molar-refractivity contribution in [3.8, 4) is 11.4 Å². The van der Waals surface area contributed by atoms with Crippen LogP contribution in [0.15, 0.2) is 60.0 Å². The first kappa shape index (κ1) is 18.1. The number of nitrogens with one attached hydrogen (secondary N) is 1. The Balaban J connectivity index is 1.51. The van der Waals surface area contributed by atoms with Gasteiger partial charge in [0.1, 0.15) is 0 Å². The predicted molar refractivity (Wildman–Crippen MR) is 103 cm³/mol. The first-order chi connectivity index (χ1) is 12.6. The molecule has 0 radical (unpaired) electrons. The highest BCUT2D eigenvalue weighted by molar-refractivity contribution is 7.99. The van der Waals surface area contributed by atoms with E-state index in [1.807, 2.05) is 41.9 Å². The van der Waals surface area contributed by atoms with E-state index in [-0.39, 0.29) is 11.8 Å². The van der Waals surface area contributed by atoms with E-state index in [1.165, 1.54) is 17.3 Å². The summed E-state index contributed by atoms with van der Waals surface area (Å²) in [6.07, 6.45) is 3.44. The van der Waals surface area contributed by atoms with Crippen LogP contribution in [-0.4, -0.2) is 38.0 Å². The predicted octanol–water partition coefficient (Wildman–Crippen LogP) is 2.89. The second-order valence-electron chi connectivity index (χ2n) is 6.01. The van der Waals surface area contributed by atoms with Crippen molar-refractivity contribution >= 4 is 17.7 Å². The molecule has 1 amide bonds. The summed E-state index contributed by atoms with van der Waals surface area (Å²) in [6.45, 7) is 2.72. The molecule has 7 heteroatoms. The molecule has 0 bridgehead atoms. The summed E-state index contributed by atoms with van der Waals surface area (Å²) in [4.78, 5) is 16.2. The van der Waals surface area contributed by atoms with Crippen LogP contribution in [0, 0.1) is 0 Å². The molecule has 1 N–H and O–H groups in total. The Kier molecular flexibility index (Phi) is 6.01. The fraction of sp³-hybridized carbons (Fsp3) is 0.263. The van der Waals surface area contributed by atoms with Crippen molar-refractivity contribution in [2.45, 2.75) is 18.0 Å². The largest absolute Gasteiger partial charge is 0.355 e. The average molecular weight is 367 g/mol. The normalized spacial score (nSPS) is 11.9. The molecule has 1 atom stereocenters. The van der Waals surface area contributed by atoms with Gasteiger partial charge in [-0.05, 0) is 23.6 Å². The van der Waals surface area contributed by atoms with Gasteiger partial charge in [0, 0.05) is 31.5 Å². The summed E-state index contributed by atoms with van der Waals surface area (Å²) in [5, 5.41) is 12.1. The van der Waals surface area contributed by atoms with Gasteiger partial charge in [0.2, 0.25) is 5.91 Å². The van der Waals surface area contributed by atoms with Crippen LogP contribution in [0.25, 0.3) is 11.4 Å². The zero-order valence-corrected chi connectivity index (χ0v) is 15.6. The lowest BCUT2D eigenvalue weighted by Gasteiger charge is -2.12. The van der Waals surface area contributed by atoms with Gasteiger partial charge in [0.05, 0.1) is 5.75 Å². The van der Waals surface area contributed by atoms with Gasteiger partial charge in [-0.2, -0.15) is 0 Å². The van der Waals surface area contributed by atoms with Crippen LogP contribution in [0.3, 0.4) is 0 Å². The fourth-order valence-electron chi connectivity index (χ4n) is 2.54. The highest BCUT2D eigenvalue weighted by Crippen LogP contribution is 2.22. The van der Waals surface area contributed by atoms with Crippen molar-refractivity contribution in [1.82, 2.24) is 25.1 Å². The van der Waals surface area contributed by atoms with Crippen LogP contribution in [-0.2, 0) is 11.8 Å². The summed E-state index contributed by atoms with van der Waals surface area (Å²) in [5.74, 6) is 1.33. The van der Waals surface area contributed by atoms with Crippen LogP contribution in [0.5, 0.6) is 0 Å². The van der Waals surface area contributed by atoms with Gasteiger partial charge in [-0.25, -0.2) is 0 Å². The van der Waals surface area contributed by atoms with E-state index < -0.39 is 0 Å². The third-order valence-electron chi connectivity index (χ3n) is 4.08. The lowest BCUT2D eigenvalue weighted by Crippen LogP contribution is -2.29. The summed E-state index contributed by atoms with van der Waals surface area (Å²) in [5.41, 5.74) is 2.17. The van der Waals surface area contributed by atoms with Crippen LogP contribution < -0.4 is 5.32 Å². The molecule has 2 heterocycles. The molecule has 6 nitrogen and oxygen atoms in total. The number of hydrogen-bond acceptors (Lipinski definition) is 5. The number of benzene rings is 1. The number of carbonyl (C=O) groups is 1. The van der Waals surface area contributed by atoms with Gasteiger partial charge in [0.25, 0.3) is 0 Å². The van der Waals surface area contributed by atoms with E-state index in [0.29, 0.717) is 17.5 Å². The van der Waals surface area contributed by atoms with Gasteiger partial charge < -0.3 is 9.88 Å². The summed E-state index contributed by atoms with van der Waals surface area (Å²) < 4.78 is 1.89. The van der Waals surface area contributed by atoms with Crippen LogP contribution in [0.1, 0.15) is 18.4 Å². The maximum Gasteiger partial charge on any atom is 0.230 e. The average Bonchev–Trinajstić information content (AvgIpc) is 3.06.